The largest absolute Gasteiger partial charge is 0.381 e. The number of hydrogen-bond acceptors (Lipinski definition) is 3. The molecule has 0 radical (unpaired) electrons. The molecule has 0 saturated carbocycles. The highest BCUT2D eigenvalue weighted by Crippen LogP contribution is 2.23. The van der Waals surface area contributed by atoms with Crippen LogP contribution in [0.2, 0.25) is 0 Å². The summed E-state index contributed by atoms with van der Waals surface area (Å²) in [6, 6.07) is 0.571. The first-order valence-corrected chi connectivity index (χ1v) is 5.89. The molecule has 0 aromatic carbocycles. The van der Waals surface area contributed by atoms with E-state index in [0.29, 0.717) is 12.0 Å². The van der Waals surface area contributed by atoms with Crippen molar-refractivity contribution in [1.29, 1.82) is 0 Å². The van der Waals surface area contributed by atoms with Crippen LogP contribution < -0.4 is 5.32 Å². The van der Waals surface area contributed by atoms with Crippen LogP contribution in [0.15, 0.2) is 0 Å². The van der Waals surface area contributed by atoms with Crippen LogP contribution in [-0.4, -0.2) is 39.0 Å². The van der Waals surface area contributed by atoms with E-state index < -0.39 is 0 Å². The van der Waals surface area contributed by atoms with E-state index in [9.17, 15) is 0 Å². The van der Waals surface area contributed by atoms with Gasteiger partial charge in [0.2, 0.25) is 0 Å². The molecular formula is C12H25NO2. The third-order valence-electron chi connectivity index (χ3n) is 3.51. The first-order chi connectivity index (χ1) is 7.09. The van der Waals surface area contributed by atoms with Crippen molar-refractivity contribution in [2.45, 2.75) is 44.8 Å². The van der Waals surface area contributed by atoms with Crippen molar-refractivity contribution < 1.29 is 9.47 Å². The van der Waals surface area contributed by atoms with Crippen molar-refractivity contribution in [1.82, 2.24) is 5.32 Å². The minimum absolute atomic E-state index is 0.00540. The van der Waals surface area contributed by atoms with Crippen LogP contribution in [0.3, 0.4) is 0 Å². The standard InChI is InChI=1S/C12H25NO2/c1-12(2,14-4)7-5-11(13-3)10-6-8-15-9-10/h10-11,13H,5-9H2,1-4H3. The summed E-state index contributed by atoms with van der Waals surface area (Å²) >= 11 is 0. The Balaban J connectivity index is 2.33. The lowest BCUT2D eigenvalue weighted by atomic mass is 9.91. The molecule has 1 rings (SSSR count). The number of nitrogens with one attached hydrogen (secondary N) is 1. The molecule has 1 aliphatic rings. The molecule has 0 aliphatic carbocycles. The lowest BCUT2D eigenvalue weighted by molar-refractivity contribution is 0.0102. The van der Waals surface area contributed by atoms with Crippen LogP contribution in [0.4, 0.5) is 0 Å². The molecule has 0 aromatic heterocycles. The summed E-state index contributed by atoms with van der Waals surface area (Å²) in [4.78, 5) is 0. The Hall–Kier alpha value is -0.120. The van der Waals surface area contributed by atoms with Crippen molar-refractivity contribution in [3.8, 4) is 0 Å². The zero-order valence-corrected chi connectivity index (χ0v) is 10.5. The van der Waals surface area contributed by atoms with Crippen molar-refractivity contribution in [2.24, 2.45) is 5.92 Å². The molecule has 0 aromatic rings. The van der Waals surface area contributed by atoms with Gasteiger partial charge in [-0.1, -0.05) is 0 Å². The van der Waals surface area contributed by atoms with Gasteiger partial charge in [-0.05, 0) is 46.1 Å². The molecule has 0 spiro atoms. The van der Waals surface area contributed by atoms with Crippen LogP contribution in [0, 0.1) is 5.92 Å². The van der Waals surface area contributed by atoms with Crippen LogP contribution >= 0.6 is 0 Å². The maximum absolute atomic E-state index is 5.44. The van der Waals surface area contributed by atoms with E-state index in [0.717, 1.165) is 26.1 Å². The molecule has 3 nitrogen and oxygen atoms in total. The van der Waals surface area contributed by atoms with Crippen molar-refractivity contribution in [2.75, 3.05) is 27.4 Å². The lowest BCUT2D eigenvalue weighted by Crippen LogP contribution is -2.36. The van der Waals surface area contributed by atoms with Gasteiger partial charge >= 0.3 is 0 Å². The molecule has 90 valence electrons. The van der Waals surface area contributed by atoms with E-state index >= 15 is 0 Å². The highest BCUT2D eigenvalue weighted by Gasteiger charge is 2.26. The Labute approximate surface area is 93.5 Å². The number of methoxy groups -OCH3 is 1. The predicted octanol–water partition coefficient (Wildman–Crippen LogP) is 1.82. The molecule has 15 heavy (non-hydrogen) atoms. The van der Waals surface area contributed by atoms with Crippen LogP contribution in [0.1, 0.15) is 33.1 Å². The Kier molecular flexibility index (Phi) is 5.03. The monoisotopic (exact) mass is 215 g/mol. The quantitative estimate of drug-likeness (QED) is 0.733. The summed E-state index contributed by atoms with van der Waals surface area (Å²) in [5.74, 6) is 0.683. The van der Waals surface area contributed by atoms with Gasteiger partial charge in [-0.3, -0.25) is 0 Å². The van der Waals surface area contributed by atoms with Crippen LogP contribution in [0.5, 0.6) is 0 Å². The van der Waals surface area contributed by atoms with Gasteiger partial charge in [0.05, 0.1) is 12.2 Å². The normalized spacial score (nSPS) is 24.4. The van der Waals surface area contributed by atoms with Crippen LogP contribution in [-0.2, 0) is 9.47 Å². The third kappa shape index (κ3) is 4.09. The second-order valence-corrected chi connectivity index (χ2v) is 5.02. The number of hydrogen-bond donors (Lipinski definition) is 1. The Morgan fingerprint density at radius 1 is 1.53 bits per heavy atom. The molecule has 3 heteroatoms. The average Bonchev–Trinajstić information content (AvgIpc) is 2.72. The highest BCUT2D eigenvalue weighted by molar-refractivity contribution is 4.81. The minimum Gasteiger partial charge on any atom is -0.381 e. The molecule has 1 N–H and O–H groups in total. The van der Waals surface area contributed by atoms with Gasteiger partial charge in [0.25, 0.3) is 0 Å². The van der Waals surface area contributed by atoms with Gasteiger partial charge < -0.3 is 14.8 Å². The molecule has 1 fully saturated rings. The molecule has 2 atom stereocenters. The lowest BCUT2D eigenvalue weighted by Gasteiger charge is -2.28. The van der Waals surface area contributed by atoms with Crippen molar-refractivity contribution in [3.63, 3.8) is 0 Å². The van der Waals surface area contributed by atoms with Gasteiger partial charge in [-0.2, -0.15) is 0 Å². The zero-order chi connectivity index (χ0) is 11.3. The molecule has 1 aliphatic heterocycles. The molecule has 1 heterocycles. The van der Waals surface area contributed by atoms with Gasteiger partial charge in [0, 0.05) is 19.8 Å². The van der Waals surface area contributed by atoms with E-state index in [-0.39, 0.29) is 5.60 Å². The number of rotatable bonds is 6. The average molecular weight is 215 g/mol. The molecule has 2 unspecified atom stereocenters. The Morgan fingerprint density at radius 2 is 2.27 bits per heavy atom. The van der Waals surface area contributed by atoms with E-state index in [4.69, 9.17) is 9.47 Å². The highest BCUT2D eigenvalue weighted by atomic mass is 16.5. The third-order valence-corrected chi connectivity index (χ3v) is 3.51. The maximum Gasteiger partial charge on any atom is 0.0623 e. The zero-order valence-electron chi connectivity index (χ0n) is 10.5. The fourth-order valence-corrected chi connectivity index (χ4v) is 2.09. The summed E-state index contributed by atoms with van der Waals surface area (Å²) in [6.07, 6.45) is 3.44. The Bertz CT molecular complexity index is 176. The first-order valence-electron chi connectivity index (χ1n) is 5.89. The Morgan fingerprint density at radius 3 is 2.73 bits per heavy atom. The summed E-state index contributed by atoms with van der Waals surface area (Å²) in [7, 11) is 3.83. The molecule has 0 bridgehead atoms. The summed E-state index contributed by atoms with van der Waals surface area (Å²) in [5, 5.41) is 3.41. The van der Waals surface area contributed by atoms with E-state index in [2.05, 4.69) is 19.2 Å². The van der Waals surface area contributed by atoms with Crippen molar-refractivity contribution in [3.05, 3.63) is 0 Å². The van der Waals surface area contributed by atoms with Crippen LogP contribution in [0.25, 0.3) is 0 Å². The number of ether oxygens (including phenoxy) is 2. The van der Waals surface area contributed by atoms with E-state index in [1.165, 1.54) is 6.42 Å². The summed E-state index contributed by atoms with van der Waals surface area (Å²) in [5.41, 5.74) is -0.00540. The second kappa shape index (κ2) is 5.83. The fourth-order valence-electron chi connectivity index (χ4n) is 2.09. The van der Waals surface area contributed by atoms with Gasteiger partial charge in [-0.15, -0.1) is 0 Å². The molecule has 1 saturated heterocycles. The van der Waals surface area contributed by atoms with Gasteiger partial charge in [-0.25, -0.2) is 0 Å². The maximum atomic E-state index is 5.44. The van der Waals surface area contributed by atoms with Gasteiger partial charge in [0.15, 0.2) is 0 Å². The second-order valence-electron chi connectivity index (χ2n) is 5.02. The first kappa shape index (κ1) is 12.9. The summed E-state index contributed by atoms with van der Waals surface area (Å²) in [6.45, 7) is 6.13. The van der Waals surface area contributed by atoms with Gasteiger partial charge in [0.1, 0.15) is 0 Å². The minimum atomic E-state index is -0.00540. The molecule has 0 amide bonds. The fraction of sp³-hybridized carbons (Fsp3) is 1.00. The SMILES string of the molecule is CNC(CCC(C)(C)OC)C1CCOC1. The topological polar surface area (TPSA) is 30.5 Å². The van der Waals surface area contributed by atoms with E-state index in [1.807, 2.05) is 7.05 Å². The smallest absolute Gasteiger partial charge is 0.0623 e. The van der Waals surface area contributed by atoms with Crippen molar-refractivity contribution >= 4 is 0 Å². The summed E-state index contributed by atoms with van der Waals surface area (Å²) < 4.78 is 10.9. The predicted molar refractivity (Wildman–Crippen MR) is 62.1 cm³/mol. The van der Waals surface area contributed by atoms with E-state index in [1.54, 1.807) is 7.11 Å². The molecular weight excluding hydrogens is 190 g/mol.